The summed E-state index contributed by atoms with van der Waals surface area (Å²) in [6.45, 7) is 0. The van der Waals surface area contributed by atoms with Gasteiger partial charge in [0.15, 0.2) is 6.10 Å². The van der Waals surface area contributed by atoms with Crippen molar-refractivity contribution in [2.75, 3.05) is 5.32 Å². The molecule has 0 fully saturated rings. The zero-order valence-corrected chi connectivity index (χ0v) is 8.91. The molecule has 1 aromatic rings. The second kappa shape index (κ2) is 4.75. The number of ether oxygens (including phenoxy) is 1. The highest BCUT2D eigenvalue weighted by Crippen LogP contribution is 2.10. The lowest BCUT2D eigenvalue weighted by Crippen LogP contribution is -2.26. The number of thiocarbonyl (C=S) groups is 1. The zero-order valence-electron chi connectivity index (χ0n) is 8.09. The van der Waals surface area contributed by atoms with Crippen LogP contribution in [0.1, 0.15) is 0 Å². The lowest BCUT2D eigenvalue weighted by molar-refractivity contribution is 0.241. The van der Waals surface area contributed by atoms with Crippen LogP contribution in [0.5, 0.6) is 0 Å². The number of allylic oxidation sites excluding steroid dienone is 2. The molecule has 3 heteroatoms. The summed E-state index contributed by atoms with van der Waals surface area (Å²) in [7, 11) is 0. The molecule has 0 aromatic heterocycles. The quantitative estimate of drug-likeness (QED) is 0.770. The van der Waals surface area contributed by atoms with Gasteiger partial charge in [-0.05, 0) is 24.3 Å². The van der Waals surface area contributed by atoms with Crippen LogP contribution in [0.4, 0.5) is 5.69 Å². The van der Waals surface area contributed by atoms with Gasteiger partial charge < -0.3 is 10.1 Å². The Morgan fingerprint density at radius 1 is 1.20 bits per heavy atom. The van der Waals surface area contributed by atoms with Gasteiger partial charge in [-0.15, -0.1) is 0 Å². The molecule has 1 heterocycles. The van der Waals surface area contributed by atoms with Gasteiger partial charge in [0.2, 0.25) is 0 Å². The van der Waals surface area contributed by atoms with E-state index in [9.17, 15) is 0 Å². The van der Waals surface area contributed by atoms with Gasteiger partial charge in [-0.1, -0.05) is 36.5 Å². The largest absolute Gasteiger partial charge is 0.487 e. The van der Waals surface area contributed by atoms with Crippen molar-refractivity contribution in [2.24, 2.45) is 0 Å². The zero-order chi connectivity index (χ0) is 10.5. The Morgan fingerprint density at radius 3 is 2.67 bits per heavy atom. The van der Waals surface area contributed by atoms with Gasteiger partial charge in [0, 0.05) is 5.69 Å². The maximum Gasteiger partial charge on any atom is 0.166 e. The minimum absolute atomic E-state index is 0.162. The number of anilines is 1. The summed E-state index contributed by atoms with van der Waals surface area (Å²) in [6, 6.07) is 9.82. The van der Waals surface area contributed by atoms with Crippen molar-refractivity contribution in [3.8, 4) is 0 Å². The van der Waals surface area contributed by atoms with Gasteiger partial charge in [0.25, 0.3) is 0 Å². The van der Waals surface area contributed by atoms with Gasteiger partial charge in [-0.25, -0.2) is 0 Å². The molecule has 0 saturated heterocycles. The van der Waals surface area contributed by atoms with Crippen LogP contribution >= 0.6 is 12.2 Å². The molecular weight excluding hydrogens is 206 g/mol. The molecule has 1 N–H and O–H groups in total. The third-order valence-electron chi connectivity index (χ3n) is 2.00. The van der Waals surface area contributed by atoms with Crippen molar-refractivity contribution in [3.63, 3.8) is 0 Å². The van der Waals surface area contributed by atoms with Gasteiger partial charge in [-0.3, -0.25) is 0 Å². The Hall–Kier alpha value is -1.61. The van der Waals surface area contributed by atoms with Crippen molar-refractivity contribution in [1.29, 1.82) is 0 Å². The monoisotopic (exact) mass is 217 g/mol. The molecule has 1 atom stereocenters. The SMILES string of the molecule is S=C(Nc1ccccc1)C1C=CC=CO1. The average molecular weight is 217 g/mol. The fourth-order valence-corrected chi connectivity index (χ4v) is 1.52. The fourth-order valence-electron chi connectivity index (χ4n) is 1.27. The predicted molar refractivity (Wildman–Crippen MR) is 65.8 cm³/mol. The Labute approximate surface area is 94.3 Å². The van der Waals surface area contributed by atoms with Crippen molar-refractivity contribution in [3.05, 3.63) is 54.8 Å². The summed E-state index contributed by atoms with van der Waals surface area (Å²) >= 11 is 5.23. The lowest BCUT2D eigenvalue weighted by Gasteiger charge is -2.17. The molecule has 76 valence electrons. The van der Waals surface area contributed by atoms with E-state index in [0.717, 1.165) is 5.69 Å². The van der Waals surface area contributed by atoms with E-state index < -0.39 is 0 Å². The summed E-state index contributed by atoms with van der Waals surface area (Å²) in [5, 5.41) is 3.13. The predicted octanol–water partition coefficient (Wildman–Crippen LogP) is 2.89. The van der Waals surface area contributed by atoms with Gasteiger partial charge in [0.1, 0.15) is 4.99 Å². The third kappa shape index (κ3) is 2.67. The molecule has 1 aliphatic rings. The number of hydrogen-bond donors (Lipinski definition) is 1. The molecule has 1 aliphatic heterocycles. The van der Waals surface area contributed by atoms with E-state index in [4.69, 9.17) is 17.0 Å². The maximum absolute atomic E-state index is 5.34. The van der Waals surface area contributed by atoms with Crippen molar-refractivity contribution < 1.29 is 4.74 Å². The minimum atomic E-state index is -0.162. The standard InChI is InChI=1S/C12H11NOS/c15-12(11-8-4-5-9-14-11)13-10-6-2-1-3-7-10/h1-9,11H,(H,13,15). The maximum atomic E-state index is 5.34. The smallest absolute Gasteiger partial charge is 0.166 e. The molecule has 1 aromatic carbocycles. The molecule has 0 bridgehead atoms. The highest BCUT2D eigenvalue weighted by molar-refractivity contribution is 7.80. The van der Waals surface area contributed by atoms with E-state index in [2.05, 4.69) is 5.32 Å². The van der Waals surface area contributed by atoms with E-state index in [1.807, 2.05) is 48.6 Å². The molecule has 0 saturated carbocycles. The van der Waals surface area contributed by atoms with Crippen LogP contribution in [-0.2, 0) is 4.74 Å². The molecule has 1 unspecified atom stereocenters. The molecule has 0 aliphatic carbocycles. The Balaban J connectivity index is 1.98. The van der Waals surface area contributed by atoms with Crippen LogP contribution in [0.2, 0.25) is 0 Å². The molecule has 0 amide bonds. The topological polar surface area (TPSA) is 21.3 Å². The highest BCUT2D eigenvalue weighted by Gasteiger charge is 2.12. The molecule has 0 spiro atoms. The summed E-state index contributed by atoms with van der Waals surface area (Å²) < 4.78 is 5.34. The van der Waals surface area contributed by atoms with Gasteiger partial charge >= 0.3 is 0 Å². The van der Waals surface area contributed by atoms with Crippen molar-refractivity contribution in [1.82, 2.24) is 0 Å². The minimum Gasteiger partial charge on any atom is -0.487 e. The number of rotatable bonds is 2. The molecule has 15 heavy (non-hydrogen) atoms. The van der Waals surface area contributed by atoms with Gasteiger partial charge in [0.05, 0.1) is 6.26 Å². The molecule has 2 rings (SSSR count). The summed E-state index contributed by atoms with van der Waals surface area (Å²) in [6.07, 6.45) is 7.15. The van der Waals surface area contributed by atoms with Crippen LogP contribution in [0.25, 0.3) is 0 Å². The second-order valence-corrected chi connectivity index (χ2v) is 3.57. The van der Waals surface area contributed by atoms with Crippen LogP contribution in [0.15, 0.2) is 54.8 Å². The first kappa shape index (κ1) is 9.93. The number of benzene rings is 1. The normalized spacial score (nSPS) is 18.3. The first-order chi connectivity index (χ1) is 7.36. The van der Waals surface area contributed by atoms with E-state index in [1.54, 1.807) is 6.26 Å². The summed E-state index contributed by atoms with van der Waals surface area (Å²) in [5.41, 5.74) is 0.981. The molecule has 0 radical (unpaired) electrons. The number of nitrogens with one attached hydrogen (secondary N) is 1. The summed E-state index contributed by atoms with van der Waals surface area (Å²) in [4.78, 5) is 0.668. The molecule has 2 nitrogen and oxygen atoms in total. The number of hydrogen-bond acceptors (Lipinski definition) is 2. The van der Waals surface area contributed by atoms with Crippen LogP contribution in [-0.4, -0.2) is 11.1 Å². The Morgan fingerprint density at radius 2 is 2.00 bits per heavy atom. The second-order valence-electron chi connectivity index (χ2n) is 3.13. The number of para-hydroxylation sites is 1. The van der Waals surface area contributed by atoms with E-state index in [1.165, 1.54) is 0 Å². The fraction of sp³-hybridized carbons (Fsp3) is 0.0833. The summed E-state index contributed by atoms with van der Waals surface area (Å²) in [5.74, 6) is 0. The first-order valence-corrected chi connectivity index (χ1v) is 5.12. The third-order valence-corrected chi connectivity index (χ3v) is 2.33. The Bertz CT molecular complexity index is 397. The van der Waals surface area contributed by atoms with E-state index >= 15 is 0 Å². The van der Waals surface area contributed by atoms with E-state index in [0.29, 0.717) is 4.99 Å². The average Bonchev–Trinajstić information content (AvgIpc) is 2.31. The van der Waals surface area contributed by atoms with Crippen molar-refractivity contribution in [2.45, 2.75) is 6.10 Å². The van der Waals surface area contributed by atoms with E-state index in [-0.39, 0.29) is 6.10 Å². The lowest BCUT2D eigenvalue weighted by atomic mass is 10.2. The van der Waals surface area contributed by atoms with Crippen LogP contribution < -0.4 is 5.32 Å². The Kier molecular flexibility index (Phi) is 3.15. The van der Waals surface area contributed by atoms with Crippen molar-refractivity contribution >= 4 is 22.9 Å². The first-order valence-electron chi connectivity index (χ1n) is 4.71. The van der Waals surface area contributed by atoms with Gasteiger partial charge in [-0.2, -0.15) is 0 Å². The van der Waals surface area contributed by atoms with Crippen LogP contribution in [0, 0.1) is 0 Å². The molecular formula is C12H11NOS. The highest BCUT2D eigenvalue weighted by atomic mass is 32.1. The van der Waals surface area contributed by atoms with Crippen LogP contribution in [0.3, 0.4) is 0 Å².